The molecule has 1 saturated heterocycles. The number of likely N-dealkylation sites (tertiary alicyclic amines) is 1. The highest BCUT2D eigenvalue weighted by Gasteiger charge is 2.28. The third kappa shape index (κ3) is 6.75. The number of carbonyl (C=O) groups is 2. The summed E-state index contributed by atoms with van der Waals surface area (Å²) in [6, 6.07) is 10.7. The number of nitrogens with one attached hydrogen (secondary N) is 2. The van der Waals surface area contributed by atoms with Gasteiger partial charge < -0.3 is 15.0 Å². The molecule has 0 aliphatic carbocycles. The minimum atomic E-state index is -3.95. The van der Waals surface area contributed by atoms with E-state index in [1.54, 1.807) is 18.1 Å². The third-order valence-electron chi connectivity index (χ3n) is 5.47. The van der Waals surface area contributed by atoms with E-state index in [9.17, 15) is 22.4 Å². The summed E-state index contributed by atoms with van der Waals surface area (Å²) in [5.41, 5.74) is 0.468. The van der Waals surface area contributed by atoms with Gasteiger partial charge in [-0.25, -0.2) is 12.8 Å². The number of piperidine rings is 1. The lowest BCUT2D eigenvalue weighted by Crippen LogP contribution is -2.43. The first-order valence-electron chi connectivity index (χ1n) is 10.7. The van der Waals surface area contributed by atoms with Gasteiger partial charge in [0, 0.05) is 50.5 Å². The minimum absolute atomic E-state index is 0.0156. The van der Waals surface area contributed by atoms with E-state index in [0.717, 1.165) is 18.6 Å². The molecule has 0 bridgehead atoms. The highest BCUT2D eigenvalue weighted by molar-refractivity contribution is 7.92. The number of rotatable bonds is 9. The molecule has 1 aliphatic rings. The second kappa shape index (κ2) is 11.2. The standard InChI is InChI=1S/C23H28FN3O5S/c1-32-15-3-12-25-22(28)17-10-13-27(14-11-17)23(29)18-4-2-5-21(16-18)33(30,31)26-20-8-6-19(24)7-9-20/h2,4-9,16-17,26H,3,10-15H2,1H3,(H,25,28). The van der Waals surface area contributed by atoms with Gasteiger partial charge in [-0.05, 0) is 61.7 Å². The Labute approximate surface area is 193 Å². The SMILES string of the molecule is COCCCNC(=O)C1CCN(C(=O)c2cccc(S(=O)(=O)Nc3ccc(F)cc3)c2)CC1. The molecule has 0 radical (unpaired) electrons. The van der Waals surface area contributed by atoms with Gasteiger partial charge in [0.05, 0.1) is 4.90 Å². The average molecular weight is 478 g/mol. The van der Waals surface area contributed by atoms with Crippen LogP contribution in [0.25, 0.3) is 0 Å². The Morgan fingerprint density at radius 1 is 1.12 bits per heavy atom. The molecular weight excluding hydrogens is 449 g/mol. The summed E-state index contributed by atoms with van der Waals surface area (Å²) in [5, 5.41) is 2.89. The van der Waals surface area contributed by atoms with E-state index in [1.165, 1.54) is 30.3 Å². The molecule has 0 atom stereocenters. The fourth-order valence-electron chi connectivity index (χ4n) is 3.63. The van der Waals surface area contributed by atoms with Crippen molar-refractivity contribution in [2.24, 2.45) is 5.92 Å². The molecule has 0 saturated carbocycles. The summed E-state index contributed by atoms with van der Waals surface area (Å²) in [5.74, 6) is -0.924. The van der Waals surface area contributed by atoms with Crippen molar-refractivity contribution in [1.29, 1.82) is 0 Å². The molecule has 33 heavy (non-hydrogen) atoms. The lowest BCUT2D eigenvalue weighted by atomic mass is 9.95. The Balaban J connectivity index is 1.59. The molecule has 2 amide bonds. The van der Waals surface area contributed by atoms with Crippen molar-refractivity contribution >= 4 is 27.5 Å². The lowest BCUT2D eigenvalue weighted by Gasteiger charge is -2.31. The number of sulfonamides is 1. The fourth-order valence-corrected chi connectivity index (χ4v) is 4.73. The van der Waals surface area contributed by atoms with Gasteiger partial charge in [0.25, 0.3) is 15.9 Å². The topological polar surface area (TPSA) is 105 Å². The molecule has 8 nitrogen and oxygen atoms in total. The van der Waals surface area contributed by atoms with Crippen LogP contribution in [0.3, 0.4) is 0 Å². The van der Waals surface area contributed by atoms with Gasteiger partial charge in [-0.3, -0.25) is 14.3 Å². The Kier molecular flexibility index (Phi) is 8.40. The molecular formula is C23H28FN3O5S. The first-order chi connectivity index (χ1) is 15.8. The van der Waals surface area contributed by atoms with E-state index >= 15 is 0 Å². The summed E-state index contributed by atoms with van der Waals surface area (Å²) in [7, 11) is -2.34. The van der Waals surface area contributed by atoms with Gasteiger partial charge >= 0.3 is 0 Å². The Hall–Kier alpha value is -2.98. The monoisotopic (exact) mass is 477 g/mol. The minimum Gasteiger partial charge on any atom is -0.385 e. The first-order valence-corrected chi connectivity index (χ1v) is 12.2. The Morgan fingerprint density at radius 2 is 1.82 bits per heavy atom. The van der Waals surface area contributed by atoms with Crippen LogP contribution in [0, 0.1) is 11.7 Å². The number of carbonyl (C=O) groups excluding carboxylic acids is 2. The molecule has 0 aromatic heterocycles. The number of ether oxygens (including phenoxy) is 1. The second-order valence-corrected chi connectivity index (χ2v) is 9.53. The molecule has 0 unspecified atom stereocenters. The van der Waals surface area contributed by atoms with Crippen LogP contribution in [0.2, 0.25) is 0 Å². The maximum absolute atomic E-state index is 13.1. The fraction of sp³-hybridized carbons (Fsp3) is 0.391. The van der Waals surface area contributed by atoms with Crippen molar-refractivity contribution in [2.45, 2.75) is 24.2 Å². The lowest BCUT2D eigenvalue weighted by molar-refractivity contribution is -0.126. The summed E-state index contributed by atoms with van der Waals surface area (Å²) in [6.45, 7) is 1.97. The Bertz CT molecular complexity index is 1070. The number of hydrogen-bond acceptors (Lipinski definition) is 5. The molecule has 0 spiro atoms. The molecule has 2 aromatic carbocycles. The molecule has 1 aliphatic heterocycles. The van der Waals surface area contributed by atoms with Crippen LogP contribution in [-0.4, -0.2) is 58.5 Å². The van der Waals surface area contributed by atoms with Crippen molar-refractivity contribution in [2.75, 3.05) is 38.1 Å². The van der Waals surface area contributed by atoms with E-state index in [0.29, 0.717) is 39.1 Å². The molecule has 2 N–H and O–H groups in total. The number of hydrogen-bond donors (Lipinski definition) is 2. The maximum Gasteiger partial charge on any atom is 0.261 e. The number of benzene rings is 2. The summed E-state index contributed by atoms with van der Waals surface area (Å²) in [6.07, 6.45) is 1.84. The van der Waals surface area contributed by atoms with Gasteiger partial charge in [-0.2, -0.15) is 0 Å². The zero-order valence-electron chi connectivity index (χ0n) is 18.4. The summed E-state index contributed by atoms with van der Waals surface area (Å²) in [4.78, 5) is 26.8. The molecule has 1 fully saturated rings. The third-order valence-corrected chi connectivity index (χ3v) is 6.84. The zero-order chi connectivity index (χ0) is 23.8. The first kappa shape index (κ1) is 24.7. The van der Waals surface area contributed by atoms with Gasteiger partial charge in [0.15, 0.2) is 0 Å². The van der Waals surface area contributed by atoms with Crippen molar-refractivity contribution in [3.05, 3.63) is 59.9 Å². The number of methoxy groups -OCH3 is 1. The largest absolute Gasteiger partial charge is 0.385 e. The van der Waals surface area contributed by atoms with Crippen LogP contribution < -0.4 is 10.0 Å². The van der Waals surface area contributed by atoms with Crippen LogP contribution in [0.15, 0.2) is 53.4 Å². The van der Waals surface area contributed by atoms with E-state index in [-0.39, 0.29) is 33.9 Å². The normalized spacial score (nSPS) is 14.7. The Morgan fingerprint density at radius 3 is 2.48 bits per heavy atom. The summed E-state index contributed by atoms with van der Waals surface area (Å²) < 4.78 is 45.8. The van der Waals surface area contributed by atoms with Crippen LogP contribution in [-0.2, 0) is 19.6 Å². The van der Waals surface area contributed by atoms with Crippen molar-refractivity contribution in [3.8, 4) is 0 Å². The van der Waals surface area contributed by atoms with Gasteiger partial charge in [0.2, 0.25) is 5.91 Å². The van der Waals surface area contributed by atoms with Crippen LogP contribution in [0.1, 0.15) is 29.6 Å². The molecule has 3 rings (SSSR count). The highest BCUT2D eigenvalue weighted by atomic mass is 32.2. The van der Waals surface area contributed by atoms with E-state index in [1.807, 2.05) is 0 Å². The predicted octanol–water partition coefficient (Wildman–Crippen LogP) is 2.63. The quantitative estimate of drug-likeness (QED) is 0.541. The van der Waals surface area contributed by atoms with Crippen LogP contribution in [0.4, 0.5) is 10.1 Å². The molecule has 2 aromatic rings. The summed E-state index contributed by atoms with van der Waals surface area (Å²) >= 11 is 0. The van der Waals surface area contributed by atoms with E-state index in [2.05, 4.69) is 10.0 Å². The second-order valence-electron chi connectivity index (χ2n) is 7.84. The van der Waals surface area contributed by atoms with Gasteiger partial charge in [0.1, 0.15) is 5.82 Å². The van der Waals surface area contributed by atoms with Crippen LogP contribution >= 0.6 is 0 Å². The number of halogens is 1. The van der Waals surface area contributed by atoms with Gasteiger partial charge in [-0.15, -0.1) is 0 Å². The predicted molar refractivity (Wildman–Crippen MR) is 122 cm³/mol. The van der Waals surface area contributed by atoms with Crippen molar-refractivity contribution in [1.82, 2.24) is 10.2 Å². The number of anilines is 1. The molecule has 178 valence electrons. The smallest absolute Gasteiger partial charge is 0.261 e. The number of amides is 2. The molecule has 10 heteroatoms. The van der Waals surface area contributed by atoms with E-state index < -0.39 is 15.8 Å². The maximum atomic E-state index is 13.1. The van der Waals surface area contributed by atoms with Crippen LogP contribution in [0.5, 0.6) is 0 Å². The molecule has 1 heterocycles. The van der Waals surface area contributed by atoms with Gasteiger partial charge in [-0.1, -0.05) is 6.07 Å². The average Bonchev–Trinajstić information content (AvgIpc) is 2.83. The van der Waals surface area contributed by atoms with Crippen molar-refractivity contribution in [3.63, 3.8) is 0 Å². The number of nitrogens with zero attached hydrogens (tertiary/aromatic N) is 1. The van der Waals surface area contributed by atoms with Crippen molar-refractivity contribution < 1.29 is 27.1 Å². The zero-order valence-corrected chi connectivity index (χ0v) is 19.2. The highest BCUT2D eigenvalue weighted by Crippen LogP contribution is 2.22. The van der Waals surface area contributed by atoms with E-state index in [4.69, 9.17) is 4.74 Å².